The first-order valence-corrected chi connectivity index (χ1v) is 6.39. The van der Waals surface area contributed by atoms with Crippen LogP contribution in [0, 0.1) is 20.8 Å². The van der Waals surface area contributed by atoms with Gasteiger partial charge in [-0.25, -0.2) is 0 Å². The smallest absolute Gasteiger partial charge is 0.151 e. The first kappa shape index (κ1) is 13.6. The Morgan fingerprint density at radius 1 is 1.11 bits per heavy atom. The van der Waals surface area contributed by atoms with E-state index in [-0.39, 0.29) is 0 Å². The van der Waals surface area contributed by atoms with E-state index in [1.54, 1.807) is 18.2 Å². The van der Waals surface area contributed by atoms with Gasteiger partial charge in [0.15, 0.2) is 6.29 Å². The molecule has 0 aliphatic rings. The van der Waals surface area contributed by atoms with E-state index in [2.05, 4.69) is 13.0 Å². The third-order valence-electron chi connectivity index (χ3n) is 3.09. The van der Waals surface area contributed by atoms with E-state index in [1.807, 2.05) is 19.9 Å². The summed E-state index contributed by atoms with van der Waals surface area (Å²) in [5.41, 5.74) is 3.90. The van der Waals surface area contributed by atoms with Gasteiger partial charge in [0, 0.05) is 11.6 Å². The molecule has 2 aromatic rings. The Morgan fingerprint density at radius 2 is 1.84 bits per heavy atom. The average molecular weight is 275 g/mol. The Balaban J connectivity index is 2.36. The van der Waals surface area contributed by atoms with E-state index in [0.29, 0.717) is 16.3 Å². The number of benzene rings is 2. The van der Waals surface area contributed by atoms with Crippen molar-refractivity contribution in [1.82, 2.24) is 0 Å². The quantitative estimate of drug-likeness (QED) is 0.747. The third-order valence-corrected chi connectivity index (χ3v) is 3.42. The van der Waals surface area contributed by atoms with Crippen molar-refractivity contribution < 1.29 is 9.53 Å². The number of ether oxygens (including phenoxy) is 1. The van der Waals surface area contributed by atoms with Gasteiger partial charge >= 0.3 is 0 Å². The van der Waals surface area contributed by atoms with E-state index >= 15 is 0 Å². The molecule has 3 heteroatoms. The molecule has 0 spiro atoms. The lowest BCUT2D eigenvalue weighted by molar-refractivity contribution is 0.112. The fraction of sp³-hybridized carbons (Fsp3) is 0.188. The summed E-state index contributed by atoms with van der Waals surface area (Å²) in [5, 5.41) is 0.398. The fourth-order valence-electron chi connectivity index (χ4n) is 1.90. The number of hydrogen-bond acceptors (Lipinski definition) is 2. The highest BCUT2D eigenvalue weighted by molar-refractivity contribution is 6.33. The summed E-state index contributed by atoms with van der Waals surface area (Å²) in [5.74, 6) is 1.44. The molecule has 19 heavy (non-hydrogen) atoms. The van der Waals surface area contributed by atoms with Crippen molar-refractivity contribution in [2.75, 3.05) is 0 Å². The van der Waals surface area contributed by atoms with Gasteiger partial charge in [0.25, 0.3) is 0 Å². The lowest BCUT2D eigenvalue weighted by atomic mass is 10.1. The molecule has 0 saturated carbocycles. The molecule has 2 rings (SSSR count). The maximum atomic E-state index is 10.7. The topological polar surface area (TPSA) is 26.3 Å². The summed E-state index contributed by atoms with van der Waals surface area (Å²) < 4.78 is 5.85. The minimum atomic E-state index is 0.398. The molecule has 0 fully saturated rings. The van der Waals surface area contributed by atoms with Crippen molar-refractivity contribution in [3.8, 4) is 11.5 Å². The fourth-order valence-corrected chi connectivity index (χ4v) is 2.12. The molecule has 98 valence electrons. The van der Waals surface area contributed by atoms with E-state index in [9.17, 15) is 4.79 Å². The standard InChI is InChI=1S/C16H15ClO2/c1-10-6-11(2)12(3)16(7-10)19-14-5-4-13(9-18)15(17)8-14/h4-9H,1-3H3. The number of rotatable bonds is 3. The van der Waals surface area contributed by atoms with Gasteiger partial charge in [0.1, 0.15) is 11.5 Å². The number of halogens is 1. The van der Waals surface area contributed by atoms with Gasteiger partial charge in [-0.2, -0.15) is 0 Å². The molecule has 0 amide bonds. The van der Waals surface area contributed by atoms with Gasteiger partial charge in [-0.3, -0.25) is 4.79 Å². The van der Waals surface area contributed by atoms with Gasteiger partial charge in [0.2, 0.25) is 0 Å². The predicted octanol–water partition coefficient (Wildman–Crippen LogP) is 4.87. The molecular formula is C16H15ClO2. The molecule has 0 bridgehead atoms. The number of carbonyl (C=O) groups excluding carboxylic acids is 1. The molecule has 0 heterocycles. The molecular weight excluding hydrogens is 260 g/mol. The number of hydrogen-bond donors (Lipinski definition) is 0. The summed E-state index contributed by atoms with van der Waals surface area (Å²) in [7, 11) is 0. The van der Waals surface area contributed by atoms with Crippen molar-refractivity contribution in [2.45, 2.75) is 20.8 Å². The number of aryl methyl sites for hydroxylation is 2. The highest BCUT2D eigenvalue weighted by Gasteiger charge is 2.07. The SMILES string of the molecule is Cc1cc(C)c(C)c(Oc2ccc(C=O)c(Cl)c2)c1. The average Bonchev–Trinajstić information content (AvgIpc) is 2.35. The molecule has 0 atom stereocenters. The molecule has 0 N–H and O–H groups in total. The van der Waals surface area contributed by atoms with E-state index in [4.69, 9.17) is 16.3 Å². The van der Waals surface area contributed by atoms with Crippen molar-refractivity contribution in [3.63, 3.8) is 0 Å². The zero-order chi connectivity index (χ0) is 14.0. The summed E-state index contributed by atoms with van der Waals surface area (Å²) >= 11 is 5.99. The van der Waals surface area contributed by atoms with Gasteiger partial charge in [-0.15, -0.1) is 0 Å². The van der Waals surface area contributed by atoms with Gasteiger partial charge in [0.05, 0.1) is 5.02 Å². The first-order valence-electron chi connectivity index (χ1n) is 6.01. The van der Waals surface area contributed by atoms with Crippen molar-refractivity contribution in [2.24, 2.45) is 0 Å². The van der Waals surface area contributed by atoms with Crippen molar-refractivity contribution in [1.29, 1.82) is 0 Å². The van der Waals surface area contributed by atoms with E-state index < -0.39 is 0 Å². The monoisotopic (exact) mass is 274 g/mol. The Hall–Kier alpha value is -1.80. The molecule has 0 aliphatic carbocycles. The minimum absolute atomic E-state index is 0.398. The zero-order valence-electron chi connectivity index (χ0n) is 11.2. The van der Waals surface area contributed by atoms with Gasteiger partial charge in [-0.1, -0.05) is 17.7 Å². The Kier molecular flexibility index (Phi) is 3.91. The predicted molar refractivity (Wildman–Crippen MR) is 77.6 cm³/mol. The summed E-state index contributed by atoms with van der Waals surface area (Å²) in [6.07, 6.45) is 0.730. The van der Waals surface area contributed by atoms with E-state index in [0.717, 1.165) is 23.2 Å². The lowest BCUT2D eigenvalue weighted by Crippen LogP contribution is -1.92. The minimum Gasteiger partial charge on any atom is -0.457 e. The van der Waals surface area contributed by atoms with Crippen LogP contribution in [-0.2, 0) is 0 Å². The van der Waals surface area contributed by atoms with Gasteiger partial charge < -0.3 is 4.74 Å². The van der Waals surface area contributed by atoms with Crippen LogP contribution in [0.3, 0.4) is 0 Å². The highest BCUT2D eigenvalue weighted by atomic mass is 35.5. The van der Waals surface area contributed by atoms with Crippen LogP contribution in [0.5, 0.6) is 11.5 Å². The normalized spacial score (nSPS) is 10.3. The van der Waals surface area contributed by atoms with Crippen LogP contribution in [0.25, 0.3) is 0 Å². The van der Waals surface area contributed by atoms with Crippen LogP contribution in [-0.4, -0.2) is 6.29 Å². The highest BCUT2D eigenvalue weighted by Crippen LogP contribution is 2.30. The molecule has 2 aromatic carbocycles. The van der Waals surface area contributed by atoms with Gasteiger partial charge in [-0.05, 0) is 55.7 Å². The number of carbonyl (C=O) groups is 1. The second-order valence-corrected chi connectivity index (χ2v) is 5.02. The lowest BCUT2D eigenvalue weighted by Gasteiger charge is -2.12. The maximum absolute atomic E-state index is 10.7. The maximum Gasteiger partial charge on any atom is 0.151 e. The molecule has 0 aromatic heterocycles. The van der Waals surface area contributed by atoms with Crippen LogP contribution in [0.15, 0.2) is 30.3 Å². The van der Waals surface area contributed by atoms with Crippen LogP contribution in [0.2, 0.25) is 5.02 Å². The Labute approximate surface area is 118 Å². The summed E-state index contributed by atoms with van der Waals surface area (Å²) in [6.45, 7) is 6.10. The summed E-state index contributed by atoms with van der Waals surface area (Å²) in [6, 6.07) is 9.16. The van der Waals surface area contributed by atoms with Crippen LogP contribution >= 0.6 is 11.6 Å². The Morgan fingerprint density at radius 3 is 2.47 bits per heavy atom. The molecule has 0 aliphatic heterocycles. The molecule has 2 nitrogen and oxygen atoms in total. The van der Waals surface area contributed by atoms with Crippen molar-refractivity contribution in [3.05, 3.63) is 57.6 Å². The molecule has 0 radical (unpaired) electrons. The molecule has 0 unspecified atom stereocenters. The summed E-state index contributed by atoms with van der Waals surface area (Å²) in [4.78, 5) is 10.7. The van der Waals surface area contributed by atoms with Crippen LogP contribution in [0.4, 0.5) is 0 Å². The van der Waals surface area contributed by atoms with Crippen molar-refractivity contribution >= 4 is 17.9 Å². The van der Waals surface area contributed by atoms with Crippen LogP contribution < -0.4 is 4.74 Å². The third kappa shape index (κ3) is 2.96. The second kappa shape index (κ2) is 5.45. The second-order valence-electron chi connectivity index (χ2n) is 4.61. The van der Waals surface area contributed by atoms with E-state index in [1.165, 1.54) is 5.56 Å². The zero-order valence-corrected chi connectivity index (χ0v) is 11.9. The largest absolute Gasteiger partial charge is 0.457 e. The first-order chi connectivity index (χ1) is 9.01. The Bertz CT molecular complexity index is 633. The molecule has 0 saturated heterocycles. The van der Waals surface area contributed by atoms with Crippen LogP contribution in [0.1, 0.15) is 27.0 Å². The number of aldehydes is 1.